The van der Waals surface area contributed by atoms with Crippen molar-refractivity contribution in [3.63, 3.8) is 0 Å². The molecule has 0 unspecified atom stereocenters. The van der Waals surface area contributed by atoms with E-state index >= 15 is 0 Å². The second kappa shape index (κ2) is 6.62. The highest BCUT2D eigenvalue weighted by Crippen LogP contribution is 2.18. The Bertz CT molecular complexity index is 475. The van der Waals surface area contributed by atoms with Crippen molar-refractivity contribution in [3.05, 3.63) is 44.8 Å². The average molecular weight is 227 g/mol. The van der Waals surface area contributed by atoms with Crippen LogP contribution in [-0.4, -0.2) is 6.54 Å². The van der Waals surface area contributed by atoms with Gasteiger partial charge in [-0.3, -0.25) is 0 Å². The molecule has 0 bridgehead atoms. The van der Waals surface area contributed by atoms with E-state index in [0.717, 1.165) is 18.4 Å². The Kier molecular flexibility index (Phi) is 5.13. The number of hydrogen-bond donors (Lipinski definition) is 0. The van der Waals surface area contributed by atoms with Crippen molar-refractivity contribution in [1.82, 2.24) is 0 Å². The molecule has 0 amide bonds. The first-order valence-electron chi connectivity index (χ1n) is 5.85. The predicted octanol–water partition coefficient (Wildman–Crippen LogP) is 3.78. The van der Waals surface area contributed by atoms with Crippen molar-refractivity contribution >= 4 is 0 Å². The topological polar surface area (TPSA) is 48.8 Å². The molecular formula is C14H17N3. The number of rotatable bonds is 3. The van der Waals surface area contributed by atoms with Crippen LogP contribution >= 0.6 is 0 Å². The number of azide groups is 1. The van der Waals surface area contributed by atoms with E-state index in [0.29, 0.717) is 0 Å². The van der Waals surface area contributed by atoms with Crippen molar-refractivity contribution in [2.75, 3.05) is 6.54 Å². The van der Waals surface area contributed by atoms with Crippen LogP contribution in [0.3, 0.4) is 0 Å². The summed E-state index contributed by atoms with van der Waals surface area (Å²) in [5, 5.41) is 3.42. The summed E-state index contributed by atoms with van der Waals surface area (Å²) in [5.74, 6) is 6.03. The van der Waals surface area contributed by atoms with Crippen LogP contribution in [0.4, 0.5) is 0 Å². The van der Waals surface area contributed by atoms with Gasteiger partial charge in [-0.25, -0.2) is 0 Å². The first-order chi connectivity index (χ1) is 8.22. The lowest BCUT2D eigenvalue weighted by Gasteiger charge is -2.09. The van der Waals surface area contributed by atoms with Crippen LogP contribution in [0.15, 0.2) is 17.2 Å². The molecule has 0 saturated carbocycles. The first-order valence-corrected chi connectivity index (χ1v) is 5.85. The summed E-state index contributed by atoms with van der Waals surface area (Å²) in [4.78, 5) is 2.69. The van der Waals surface area contributed by atoms with Crippen molar-refractivity contribution in [1.29, 1.82) is 0 Å². The normalized spacial score (nSPS) is 9.12. The van der Waals surface area contributed by atoms with Gasteiger partial charge in [0.05, 0.1) is 6.54 Å². The van der Waals surface area contributed by atoms with Gasteiger partial charge in [0.15, 0.2) is 0 Å². The largest absolute Gasteiger partial charge is 0.0919 e. The third kappa shape index (κ3) is 3.55. The minimum absolute atomic E-state index is 0.233. The third-order valence-electron chi connectivity index (χ3n) is 2.63. The molecule has 1 rings (SSSR count). The van der Waals surface area contributed by atoms with Gasteiger partial charge in [-0.2, -0.15) is 0 Å². The lowest BCUT2D eigenvalue weighted by molar-refractivity contribution is 1.06. The molecular weight excluding hydrogens is 210 g/mol. The summed E-state index contributed by atoms with van der Waals surface area (Å²) in [6.45, 7) is 6.60. The molecule has 0 N–H and O–H groups in total. The van der Waals surface area contributed by atoms with Crippen LogP contribution in [0, 0.1) is 18.8 Å². The van der Waals surface area contributed by atoms with E-state index in [-0.39, 0.29) is 6.54 Å². The third-order valence-corrected chi connectivity index (χ3v) is 2.63. The van der Waals surface area contributed by atoms with E-state index < -0.39 is 0 Å². The molecule has 0 heterocycles. The van der Waals surface area contributed by atoms with E-state index in [9.17, 15) is 0 Å². The van der Waals surface area contributed by atoms with Gasteiger partial charge >= 0.3 is 0 Å². The lowest BCUT2D eigenvalue weighted by atomic mass is 9.95. The number of benzene rings is 1. The Morgan fingerprint density at radius 3 is 2.29 bits per heavy atom. The molecule has 0 fully saturated rings. The fourth-order valence-electron chi connectivity index (χ4n) is 1.86. The second-order valence-corrected chi connectivity index (χ2v) is 3.86. The zero-order chi connectivity index (χ0) is 12.7. The van der Waals surface area contributed by atoms with Gasteiger partial charge in [-0.15, -0.1) is 0 Å². The van der Waals surface area contributed by atoms with E-state index in [2.05, 4.69) is 54.8 Å². The number of nitrogens with zero attached hydrogens (tertiary/aromatic N) is 3. The first kappa shape index (κ1) is 13.2. The quantitative estimate of drug-likeness (QED) is 0.326. The highest BCUT2D eigenvalue weighted by molar-refractivity contribution is 5.49. The van der Waals surface area contributed by atoms with Crippen molar-refractivity contribution < 1.29 is 0 Å². The van der Waals surface area contributed by atoms with E-state index in [1.807, 2.05) is 0 Å². The van der Waals surface area contributed by atoms with Gasteiger partial charge in [0.1, 0.15) is 0 Å². The van der Waals surface area contributed by atoms with Gasteiger partial charge in [-0.05, 0) is 36.4 Å². The monoisotopic (exact) mass is 227 g/mol. The molecule has 0 aliphatic rings. The molecule has 3 nitrogen and oxygen atoms in total. The molecule has 0 aromatic heterocycles. The fraction of sp³-hybridized carbons (Fsp3) is 0.429. The maximum absolute atomic E-state index is 8.19. The van der Waals surface area contributed by atoms with Crippen molar-refractivity contribution in [3.8, 4) is 11.8 Å². The van der Waals surface area contributed by atoms with Gasteiger partial charge < -0.3 is 0 Å². The predicted molar refractivity (Wildman–Crippen MR) is 70.8 cm³/mol. The number of aryl methyl sites for hydroxylation is 3. The Labute approximate surface area is 102 Å². The highest BCUT2D eigenvalue weighted by atomic mass is 15.1. The maximum Gasteiger partial charge on any atom is 0.0880 e. The number of hydrogen-bond acceptors (Lipinski definition) is 1. The molecule has 0 aliphatic carbocycles. The van der Waals surface area contributed by atoms with Gasteiger partial charge in [-0.1, -0.05) is 48.5 Å². The Morgan fingerprint density at radius 2 is 1.82 bits per heavy atom. The zero-order valence-corrected chi connectivity index (χ0v) is 10.6. The molecule has 88 valence electrons. The fourth-order valence-corrected chi connectivity index (χ4v) is 1.86. The van der Waals surface area contributed by atoms with Crippen LogP contribution in [-0.2, 0) is 12.8 Å². The standard InChI is InChI=1S/C14H17N3/c1-4-12-9-11(3)10-13(5-2)14(12)7-6-8-16-17-15/h9-10H,4-5,8H2,1-3H3. The van der Waals surface area contributed by atoms with Crippen LogP contribution in [0.2, 0.25) is 0 Å². The van der Waals surface area contributed by atoms with E-state index in [1.165, 1.54) is 16.7 Å². The van der Waals surface area contributed by atoms with Crippen LogP contribution in [0.5, 0.6) is 0 Å². The van der Waals surface area contributed by atoms with Gasteiger partial charge in [0, 0.05) is 10.5 Å². The minimum Gasteiger partial charge on any atom is -0.0919 e. The summed E-state index contributed by atoms with van der Waals surface area (Å²) >= 11 is 0. The molecule has 3 heteroatoms. The summed E-state index contributed by atoms with van der Waals surface area (Å²) in [7, 11) is 0. The van der Waals surface area contributed by atoms with Gasteiger partial charge in [0.25, 0.3) is 0 Å². The highest BCUT2D eigenvalue weighted by Gasteiger charge is 2.04. The summed E-state index contributed by atoms with van der Waals surface area (Å²) in [5.41, 5.74) is 13.1. The smallest absolute Gasteiger partial charge is 0.0880 e. The van der Waals surface area contributed by atoms with Gasteiger partial charge in [0.2, 0.25) is 0 Å². The molecule has 0 atom stereocenters. The average Bonchev–Trinajstić information content (AvgIpc) is 2.35. The van der Waals surface area contributed by atoms with E-state index in [4.69, 9.17) is 5.53 Å². The SMILES string of the molecule is CCc1cc(C)cc(CC)c1C#CCN=[N+]=[N-]. The molecule has 0 radical (unpaired) electrons. The van der Waals surface area contributed by atoms with Crippen molar-refractivity contribution in [2.24, 2.45) is 5.11 Å². The summed E-state index contributed by atoms with van der Waals surface area (Å²) in [6, 6.07) is 4.35. The Hall–Kier alpha value is -1.91. The lowest BCUT2D eigenvalue weighted by Crippen LogP contribution is -1.96. The minimum atomic E-state index is 0.233. The summed E-state index contributed by atoms with van der Waals surface area (Å²) in [6.07, 6.45) is 1.94. The van der Waals surface area contributed by atoms with Crippen LogP contribution in [0.1, 0.15) is 36.1 Å². The summed E-state index contributed by atoms with van der Waals surface area (Å²) < 4.78 is 0. The van der Waals surface area contributed by atoms with Crippen LogP contribution in [0.25, 0.3) is 10.4 Å². The van der Waals surface area contributed by atoms with Crippen molar-refractivity contribution in [2.45, 2.75) is 33.6 Å². The molecule has 17 heavy (non-hydrogen) atoms. The van der Waals surface area contributed by atoms with E-state index in [1.54, 1.807) is 0 Å². The van der Waals surface area contributed by atoms with Crippen LogP contribution < -0.4 is 0 Å². The Morgan fingerprint density at radius 1 is 1.24 bits per heavy atom. The molecule has 1 aromatic carbocycles. The molecule has 1 aromatic rings. The molecule has 0 spiro atoms. The molecule has 0 aliphatic heterocycles. The maximum atomic E-state index is 8.19. The zero-order valence-electron chi connectivity index (χ0n) is 10.6. The second-order valence-electron chi connectivity index (χ2n) is 3.86. The Balaban J connectivity index is 3.17. The molecule has 0 saturated heterocycles.